The molecule has 0 radical (unpaired) electrons. The minimum atomic E-state index is -0.262. The van der Waals surface area contributed by atoms with Crippen LogP contribution in [0.1, 0.15) is 12.5 Å². The molecule has 1 aromatic rings. The first-order valence-electron chi connectivity index (χ1n) is 10.3. The summed E-state index contributed by atoms with van der Waals surface area (Å²) in [7, 11) is 4.07. The Morgan fingerprint density at radius 2 is 1.67 bits per heavy atom. The number of benzene rings is 1. The van der Waals surface area contributed by atoms with E-state index in [1.54, 1.807) is 0 Å². The van der Waals surface area contributed by atoms with Crippen molar-refractivity contribution in [1.82, 2.24) is 19.6 Å². The number of aliphatic hydroxyl groups is 1. The molecule has 2 aliphatic rings. The van der Waals surface area contributed by atoms with Crippen LogP contribution in [0.3, 0.4) is 0 Å². The lowest BCUT2D eigenvalue weighted by Gasteiger charge is -2.33. The van der Waals surface area contributed by atoms with Crippen molar-refractivity contribution in [3.8, 4) is 5.75 Å². The SMILES string of the molecule is CCN1CCN(CCOc2ccc(CN3C[C@@H](O)[C@H](N(C)C)C3)cc2)CC1. The molecule has 2 fully saturated rings. The Morgan fingerprint density at radius 3 is 2.26 bits per heavy atom. The third-order valence-electron chi connectivity index (χ3n) is 5.92. The second-order valence-electron chi connectivity index (χ2n) is 8.06. The minimum absolute atomic E-state index is 0.229. The molecular weight excluding hydrogens is 340 g/mol. The van der Waals surface area contributed by atoms with Crippen molar-refractivity contribution in [2.75, 3.05) is 73.1 Å². The fraction of sp³-hybridized carbons (Fsp3) is 0.714. The van der Waals surface area contributed by atoms with Gasteiger partial charge in [0.15, 0.2) is 0 Å². The monoisotopic (exact) mass is 376 g/mol. The van der Waals surface area contributed by atoms with Gasteiger partial charge >= 0.3 is 0 Å². The highest BCUT2D eigenvalue weighted by atomic mass is 16.5. The fourth-order valence-corrected chi connectivity index (χ4v) is 4.05. The van der Waals surface area contributed by atoms with Crippen LogP contribution < -0.4 is 4.74 Å². The third kappa shape index (κ3) is 5.90. The maximum atomic E-state index is 10.2. The lowest BCUT2D eigenvalue weighted by molar-refractivity contribution is 0.112. The van der Waals surface area contributed by atoms with Gasteiger partial charge < -0.3 is 19.6 Å². The van der Waals surface area contributed by atoms with Crippen molar-refractivity contribution in [2.24, 2.45) is 0 Å². The van der Waals surface area contributed by atoms with Gasteiger partial charge in [0.25, 0.3) is 0 Å². The van der Waals surface area contributed by atoms with Crippen LogP contribution in [0.2, 0.25) is 0 Å². The Hall–Kier alpha value is -1.18. The lowest BCUT2D eigenvalue weighted by Crippen LogP contribution is -2.47. The van der Waals surface area contributed by atoms with Crippen molar-refractivity contribution >= 4 is 0 Å². The highest BCUT2D eigenvalue weighted by Gasteiger charge is 2.32. The molecule has 3 rings (SSSR count). The second kappa shape index (κ2) is 9.85. The zero-order valence-corrected chi connectivity index (χ0v) is 17.2. The van der Waals surface area contributed by atoms with E-state index in [2.05, 4.69) is 50.8 Å². The summed E-state index contributed by atoms with van der Waals surface area (Å²) < 4.78 is 5.94. The summed E-state index contributed by atoms with van der Waals surface area (Å²) in [4.78, 5) is 9.42. The molecule has 0 aromatic heterocycles. The first kappa shape index (κ1) is 20.6. The van der Waals surface area contributed by atoms with E-state index in [1.165, 1.54) is 18.7 Å². The third-order valence-corrected chi connectivity index (χ3v) is 5.92. The van der Waals surface area contributed by atoms with Gasteiger partial charge in [-0.15, -0.1) is 0 Å². The van der Waals surface area contributed by atoms with Gasteiger partial charge in [-0.1, -0.05) is 19.1 Å². The maximum absolute atomic E-state index is 10.2. The van der Waals surface area contributed by atoms with Gasteiger partial charge in [-0.2, -0.15) is 0 Å². The van der Waals surface area contributed by atoms with Crippen LogP contribution in [0.4, 0.5) is 0 Å². The van der Waals surface area contributed by atoms with Gasteiger partial charge in [0.1, 0.15) is 12.4 Å². The van der Waals surface area contributed by atoms with Crippen molar-refractivity contribution in [2.45, 2.75) is 25.6 Å². The van der Waals surface area contributed by atoms with Gasteiger partial charge in [0.2, 0.25) is 0 Å². The first-order chi connectivity index (χ1) is 13.0. The number of piperazine rings is 1. The Bertz CT molecular complexity index is 558. The number of ether oxygens (including phenoxy) is 1. The van der Waals surface area contributed by atoms with E-state index >= 15 is 0 Å². The average molecular weight is 377 g/mol. The smallest absolute Gasteiger partial charge is 0.119 e. The number of hydrogen-bond donors (Lipinski definition) is 1. The van der Waals surface area contributed by atoms with E-state index in [9.17, 15) is 5.11 Å². The highest BCUT2D eigenvalue weighted by molar-refractivity contribution is 5.27. The van der Waals surface area contributed by atoms with Crippen LogP contribution >= 0.6 is 0 Å². The van der Waals surface area contributed by atoms with E-state index in [0.717, 1.165) is 58.2 Å². The predicted octanol–water partition coefficient (Wildman–Crippen LogP) is 0.810. The van der Waals surface area contributed by atoms with Gasteiger partial charge in [-0.05, 0) is 38.3 Å². The molecule has 0 bridgehead atoms. The highest BCUT2D eigenvalue weighted by Crippen LogP contribution is 2.19. The quantitative estimate of drug-likeness (QED) is 0.724. The number of aliphatic hydroxyl groups excluding tert-OH is 1. The molecule has 0 aliphatic carbocycles. The zero-order valence-electron chi connectivity index (χ0n) is 17.2. The van der Waals surface area contributed by atoms with Crippen LogP contribution in [0.5, 0.6) is 5.75 Å². The molecule has 152 valence electrons. The van der Waals surface area contributed by atoms with E-state index in [1.807, 2.05) is 14.1 Å². The van der Waals surface area contributed by atoms with Gasteiger partial charge in [0, 0.05) is 58.4 Å². The Kier molecular flexibility index (Phi) is 7.49. The van der Waals surface area contributed by atoms with Crippen LogP contribution in [-0.4, -0.2) is 110 Å². The minimum Gasteiger partial charge on any atom is -0.492 e. The molecule has 1 N–H and O–H groups in total. The first-order valence-corrected chi connectivity index (χ1v) is 10.3. The molecule has 2 heterocycles. The Balaban J connectivity index is 1.38. The summed E-state index contributed by atoms with van der Waals surface area (Å²) in [5.74, 6) is 0.943. The van der Waals surface area contributed by atoms with E-state index in [4.69, 9.17) is 4.74 Å². The molecule has 0 spiro atoms. The topological polar surface area (TPSA) is 42.4 Å². The Morgan fingerprint density at radius 1 is 1.00 bits per heavy atom. The molecule has 1 aromatic carbocycles. The molecule has 0 amide bonds. The fourth-order valence-electron chi connectivity index (χ4n) is 4.05. The van der Waals surface area contributed by atoms with Gasteiger partial charge in [-0.25, -0.2) is 0 Å². The number of hydrogen-bond acceptors (Lipinski definition) is 6. The van der Waals surface area contributed by atoms with E-state index < -0.39 is 0 Å². The summed E-state index contributed by atoms with van der Waals surface area (Å²) in [6.45, 7) is 12.3. The molecule has 2 saturated heterocycles. The number of nitrogens with zero attached hydrogens (tertiary/aromatic N) is 4. The molecule has 6 heteroatoms. The van der Waals surface area contributed by atoms with Crippen LogP contribution in [0, 0.1) is 0 Å². The molecule has 2 atom stereocenters. The standard InChI is InChI=1S/C21H36N4O2/c1-4-23-9-11-24(12-10-23)13-14-27-19-7-5-18(6-8-19)15-25-16-20(22(2)3)21(26)17-25/h5-8,20-21,26H,4,9-17H2,1-3H3/t20-,21-/m1/s1. The van der Waals surface area contributed by atoms with Crippen LogP contribution in [0.25, 0.3) is 0 Å². The second-order valence-corrected chi connectivity index (χ2v) is 8.06. The molecule has 2 aliphatic heterocycles. The number of likely N-dealkylation sites (tertiary alicyclic amines) is 1. The summed E-state index contributed by atoms with van der Waals surface area (Å²) >= 11 is 0. The molecule has 27 heavy (non-hydrogen) atoms. The van der Waals surface area contributed by atoms with Crippen molar-refractivity contribution in [3.63, 3.8) is 0 Å². The van der Waals surface area contributed by atoms with Crippen molar-refractivity contribution in [3.05, 3.63) is 29.8 Å². The largest absolute Gasteiger partial charge is 0.492 e. The normalized spacial score (nSPS) is 25.4. The summed E-state index contributed by atoms with van der Waals surface area (Å²) in [6.07, 6.45) is -0.262. The van der Waals surface area contributed by atoms with E-state index in [0.29, 0.717) is 0 Å². The predicted molar refractivity (Wildman–Crippen MR) is 109 cm³/mol. The summed E-state index contributed by atoms with van der Waals surface area (Å²) in [5, 5.41) is 10.2. The summed E-state index contributed by atoms with van der Waals surface area (Å²) in [6, 6.07) is 8.66. The number of β-amino-alcohol motifs (C(OH)–C–C–N with tert-alkyl or cyclic N) is 1. The van der Waals surface area contributed by atoms with Crippen LogP contribution in [-0.2, 0) is 6.54 Å². The van der Waals surface area contributed by atoms with Crippen molar-refractivity contribution in [1.29, 1.82) is 0 Å². The average Bonchev–Trinajstić information content (AvgIpc) is 3.04. The molecule has 6 nitrogen and oxygen atoms in total. The molecule has 0 unspecified atom stereocenters. The zero-order chi connectivity index (χ0) is 19.2. The number of rotatable bonds is 8. The number of likely N-dealkylation sites (N-methyl/N-ethyl adjacent to an activating group) is 2. The summed E-state index contributed by atoms with van der Waals surface area (Å²) in [5.41, 5.74) is 1.27. The van der Waals surface area contributed by atoms with Gasteiger partial charge in [-0.3, -0.25) is 9.80 Å². The van der Waals surface area contributed by atoms with E-state index in [-0.39, 0.29) is 12.1 Å². The van der Waals surface area contributed by atoms with Crippen molar-refractivity contribution < 1.29 is 9.84 Å². The molecule has 0 saturated carbocycles. The maximum Gasteiger partial charge on any atom is 0.119 e. The van der Waals surface area contributed by atoms with Gasteiger partial charge in [0.05, 0.1) is 6.10 Å². The lowest BCUT2D eigenvalue weighted by atomic mass is 10.2. The molecular formula is C21H36N4O2. The van der Waals surface area contributed by atoms with Crippen LogP contribution in [0.15, 0.2) is 24.3 Å². The Labute approximate surface area is 164 Å².